The quantitative estimate of drug-likeness (QED) is 0.318. The molecule has 0 aliphatic carbocycles. The maximum Gasteiger partial charge on any atom is 0.169 e. The fraction of sp³-hybridized carbons (Fsp3) is 0.267. The summed E-state index contributed by atoms with van der Waals surface area (Å²) in [4.78, 5) is 5.03. The molecule has 0 saturated heterocycles. The first-order valence-electron chi connectivity index (χ1n) is 11.4. The summed E-state index contributed by atoms with van der Waals surface area (Å²) in [7, 11) is 0. The second kappa shape index (κ2) is 8.70. The van der Waals surface area contributed by atoms with Gasteiger partial charge in [-0.15, -0.1) is 0 Å². The molecule has 0 N–H and O–H groups in total. The van der Waals surface area contributed by atoms with Gasteiger partial charge < -0.3 is 0 Å². The van der Waals surface area contributed by atoms with E-state index in [-0.39, 0.29) is 10.8 Å². The van der Waals surface area contributed by atoms with Gasteiger partial charge in [-0.05, 0) is 42.5 Å². The van der Waals surface area contributed by atoms with Gasteiger partial charge in [-0.25, -0.2) is 9.55 Å². The van der Waals surface area contributed by atoms with Crippen LogP contribution in [0.25, 0.3) is 22.5 Å². The lowest BCUT2D eigenvalue weighted by Crippen LogP contribution is -2.43. The fourth-order valence-corrected chi connectivity index (χ4v) is 4.05. The summed E-state index contributed by atoms with van der Waals surface area (Å²) in [5.41, 5.74) is 7.06. The highest BCUT2D eigenvalue weighted by Crippen LogP contribution is 2.31. The summed E-state index contributed by atoms with van der Waals surface area (Å²) in [6, 6.07) is 29.9. The summed E-state index contributed by atoms with van der Waals surface area (Å²) >= 11 is 0. The van der Waals surface area contributed by atoms with Crippen LogP contribution in [0.3, 0.4) is 0 Å². The van der Waals surface area contributed by atoms with Gasteiger partial charge in [-0.3, -0.25) is 0 Å². The van der Waals surface area contributed by atoms with E-state index in [2.05, 4.69) is 124 Å². The van der Waals surface area contributed by atoms with E-state index >= 15 is 0 Å². The first kappa shape index (κ1) is 22.0. The molecule has 2 heteroatoms. The Kier molecular flexibility index (Phi) is 5.97. The van der Waals surface area contributed by atoms with E-state index in [0.29, 0.717) is 0 Å². The molecule has 0 saturated carbocycles. The molecule has 2 heterocycles. The van der Waals surface area contributed by atoms with Crippen molar-refractivity contribution in [3.8, 4) is 22.5 Å². The molecule has 4 rings (SSSR count). The van der Waals surface area contributed by atoms with E-state index < -0.39 is 0 Å². The molecule has 2 aromatic carbocycles. The zero-order valence-electron chi connectivity index (χ0n) is 19.8. The van der Waals surface area contributed by atoms with E-state index in [4.69, 9.17) is 4.98 Å². The number of hydrogen-bond donors (Lipinski definition) is 0. The minimum Gasteiger partial charge on any atom is -0.248 e. The van der Waals surface area contributed by atoms with E-state index in [1.165, 1.54) is 11.1 Å². The lowest BCUT2D eigenvalue weighted by atomic mass is 9.83. The van der Waals surface area contributed by atoms with E-state index in [1.807, 2.05) is 12.1 Å². The molecule has 0 spiro atoms. The van der Waals surface area contributed by atoms with E-state index in [0.717, 1.165) is 29.1 Å². The molecule has 0 fully saturated rings. The minimum absolute atomic E-state index is 0.0656. The van der Waals surface area contributed by atoms with Crippen LogP contribution in [-0.4, -0.2) is 4.98 Å². The Hall–Kier alpha value is -3.26. The smallest absolute Gasteiger partial charge is 0.169 e. The molecule has 0 bridgehead atoms. The molecule has 0 atom stereocenters. The molecular weight excluding hydrogens is 388 g/mol. The Bertz CT molecular complexity index is 1110. The second-order valence-electron chi connectivity index (χ2n) is 10.3. The van der Waals surface area contributed by atoms with Crippen molar-refractivity contribution in [3.63, 3.8) is 0 Å². The second-order valence-corrected chi connectivity index (χ2v) is 10.3. The maximum absolute atomic E-state index is 5.03. The Morgan fingerprint density at radius 3 is 1.53 bits per heavy atom. The number of benzene rings is 2. The van der Waals surface area contributed by atoms with Crippen molar-refractivity contribution in [2.75, 3.05) is 0 Å². The van der Waals surface area contributed by atoms with Gasteiger partial charge in [-0.1, -0.05) is 81.4 Å². The van der Waals surface area contributed by atoms with Crippen molar-refractivity contribution >= 4 is 0 Å². The Balaban J connectivity index is 1.74. The average Bonchev–Trinajstić information content (AvgIpc) is 2.79. The van der Waals surface area contributed by atoms with Crippen LogP contribution in [-0.2, 0) is 17.4 Å². The van der Waals surface area contributed by atoms with Gasteiger partial charge in [0.15, 0.2) is 18.9 Å². The van der Waals surface area contributed by atoms with Crippen molar-refractivity contribution < 1.29 is 4.57 Å². The summed E-state index contributed by atoms with van der Waals surface area (Å²) in [6.45, 7) is 12.3. The number of hydrogen-bond acceptors (Lipinski definition) is 1. The van der Waals surface area contributed by atoms with Gasteiger partial charge in [0.2, 0.25) is 0 Å². The predicted molar refractivity (Wildman–Crippen MR) is 133 cm³/mol. The number of nitrogens with zero attached hydrogens (tertiary/aromatic N) is 2. The van der Waals surface area contributed by atoms with Crippen molar-refractivity contribution in [1.82, 2.24) is 4.98 Å². The lowest BCUT2D eigenvalue weighted by molar-refractivity contribution is -0.704. The fourth-order valence-electron chi connectivity index (χ4n) is 4.05. The van der Waals surface area contributed by atoms with Crippen molar-refractivity contribution in [2.24, 2.45) is 0 Å². The van der Waals surface area contributed by atoms with Crippen LogP contribution in [0.1, 0.15) is 45.7 Å². The standard InChI is InChI=1S/C30H33N2/c1-29(2,3)25-16-18-32(19-17-25)22-30(4,5)26-20-27(23-12-8-6-9-13-23)31-28(21-26)24-14-10-7-11-15-24/h6-21H,22H2,1-5H3/q+1. The number of aromatic nitrogens is 2. The first-order valence-corrected chi connectivity index (χ1v) is 11.4. The summed E-state index contributed by atoms with van der Waals surface area (Å²) in [6.07, 6.45) is 4.42. The summed E-state index contributed by atoms with van der Waals surface area (Å²) in [5.74, 6) is 0. The van der Waals surface area contributed by atoms with Crippen LogP contribution >= 0.6 is 0 Å². The zero-order valence-corrected chi connectivity index (χ0v) is 19.8. The van der Waals surface area contributed by atoms with E-state index in [9.17, 15) is 0 Å². The van der Waals surface area contributed by atoms with Crippen molar-refractivity contribution in [2.45, 2.75) is 52.0 Å². The van der Waals surface area contributed by atoms with Crippen LogP contribution in [0.5, 0.6) is 0 Å². The topological polar surface area (TPSA) is 16.8 Å². The molecule has 32 heavy (non-hydrogen) atoms. The van der Waals surface area contributed by atoms with Gasteiger partial charge in [0.1, 0.15) is 0 Å². The third-order valence-corrected chi connectivity index (χ3v) is 6.08. The molecule has 0 aliphatic heterocycles. The lowest BCUT2D eigenvalue weighted by Gasteiger charge is -2.24. The Morgan fingerprint density at radius 2 is 1.09 bits per heavy atom. The van der Waals surface area contributed by atoms with Crippen LogP contribution in [0.15, 0.2) is 97.3 Å². The highest BCUT2D eigenvalue weighted by atomic mass is 14.9. The van der Waals surface area contributed by atoms with Crippen LogP contribution < -0.4 is 4.57 Å². The molecule has 4 aromatic rings. The highest BCUT2D eigenvalue weighted by Gasteiger charge is 2.28. The molecule has 0 unspecified atom stereocenters. The maximum atomic E-state index is 5.03. The molecule has 0 amide bonds. The minimum atomic E-state index is -0.0656. The van der Waals surface area contributed by atoms with Crippen molar-refractivity contribution in [3.05, 3.63) is 108 Å². The van der Waals surface area contributed by atoms with Crippen LogP contribution in [0.2, 0.25) is 0 Å². The van der Waals surface area contributed by atoms with E-state index in [1.54, 1.807) is 0 Å². The molecule has 0 radical (unpaired) electrons. The van der Waals surface area contributed by atoms with Crippen molar-refractivity contribution in [1.29, 1.82) is 0 Å². The van der Waals surface area contributed by atoms with Gasteiger partial charge in [0.25, 0.3) is 0 Å². The average molecular weight is 422 g/mol. The SMILES string of the molecule is CC(C)(C)c1cc[n+](CC(C)(C)c2cc(-c3ccccc3)nc(-c3ccccc3)c2)cc1. The summed E-state index contributed by atoms with van der Waals surface area (Å²) < 4.78 is 2.29. The normalized spacial score (nSPS) is 12.0. The van der Waals surface area contributed by atoms with Gasteiger partial charge in [0.05, 0.1) is 11.4 Å². The predicted octanol–water partition coefficient (Wildman–Crippen LogP) is 6.98. The zero-order chi connectivity index (χ0) is 22.8. The van der Waals surface area contributed by atoms with Gasteiger partial charge in [-0.2, -0.15) is 0 Å². The third kappa shape index (κ3) is 4.96. The highest BCUT2D eigenvalue weighted by molar-refractivity contribution is 5.67. The monoisotopic (exact) mass is 421 g/mol. The molecular formula is C30H33N2+. The molecule has 2 nitrogen and oxygen atoms in total. The molecule has 2 aromatic heterocycles. The van der Waals surface area contributed by atoms with Crippen LogP contribution in [0, 0.1) is 0 Å². The van der Waals surface area contributed by atoms with Crippen LogP contribution in [0.4, 0.5) is 0 Å². The van der Waals surface area contributed by atoms with Gasteiger partial charge >= 0.3 is 0 Å². The largest absolute Gasteiger partial charge is 0.248 e. The molecule has 162 valence electrons. The first-order chi connectivity index (χ1) is 15.2. The van der Waals surface area contributed by atoms with Gasteiger partial charge in [0, 0.05) is 28.7 Å². The third-order valence-electron chi connectivity index (χ3n) is 6.08. The summed E-state index contributed by atoms with van der Waals surface area (Å²) in [5, 5.41) is 0. The molecule has 0 aliphatic rings. The number of pyridine rings is 2. The Morgan fingerprint density at radius 1 is 0.625 bits per heavy atom. The number of rotatable bonds is 5. The Labute approximate surface area is 192 Å².